The molecule has 1 aliphatic carbocycles. The number of carboxylic acids is 1. The van der Waals surface area contributed by atoms with Crippen LogP contribution in [0.25, 0.3) is 0 Å². The van der Waals surface area contributed by atoms with Crippen molar-refractivity contribution in [3.8, 4) is 0 Å². The predicted molar refractivity (Wildman–Crippen MR) is 69.4 cm³/mol. The fourth-order valence-corrected chi connectivity index (χ4v) is 2.38. The molecule has 100 valence electrons. The van der Waals surface area contributed by atoms with Crippen molar-refractivity contribution in [2.45, 2.75) is 18.9 Å². The molecule has 0 amide bonds. The molecule has 2 rings (SSSR count). The van der Waals surface area contributed by atoms with Crippen LogP contribution in [0, 0.1) is 11.8 Å². The van der Waals surface area contributed by atoms with Gasteiger partial charge in [0, 0.05) is 0 Å². The molecule has 1 aliphatic rings. The van der Waals surface area contributed by atoms with Gasteiger partial charge in [-0.2, -0.15) is 0 Å². The smallest absolute Gasteiger partial charge is 0.307 e. The van der Waals surface area contributed by atoms with Gasteiger partial charge in [0.2, 0.25) is 0 Å². The Hall–Kier alpha value is -1.94. The minimum atomic E-state index is -1.27. The molecule has 1 aromatic carbocycles. The molecule has 3 atom stereocenters. The van der Waals surface area contributed by atoms with Gasteiger partial charge in [0.1, 0.15) is 6.10 Å². The van der Waals surface area contributed by atoms with E-state index in [0.29, 0.717) is 18.4 Å². The summed E-state index contributed by atoms with van der Waals surface area (Å²) in [5, 5.41) is 19.2. The van der Waals surface area contributed by atoms with Gasteiger partial charge in [-0.05, 0) is 18.4 Å². The average Bonchev–Trinajstić information content (AvgIpc) is 2.46. The van der Waals surface area contributed by atoms with E-state index in [-0.39, 0.29) is 0 Å². The molecule has 0 saturated carbocycles. The zero-order chi connectivity index (χ0) is 13.8. The Balaban J connectivity index is 2.20. The molecule has 4 nitrogen and oxygen atoms in total. The molecule has 4 heteroatoms. The summed E-state index contributed by atoms with van der Waals surface area (Å²) in [7, 11) is 0. The SMILES string of the molecule is O=C(C(O)c1ccccc1)C1C=CCCC1C(=O)O. The van der Waals surface area contributed by atoms with Crippen molar-refractivity contribution in [3.63, 3.8) is 0 Å². The third kappa shape index (κ3) is 2.90. The third-order valence-corrected chi connectivity index (χ3v) is 3.45. The molecule has 0 bridgehead atoms. The number of ketones is 1. The van der Waals surface area contributed by atoms with Crippen molar-refractivity contribution < 1.29 is 19.8 Å². The van der Waals surface area contributed by atoms with Crippen molar-refractivity contribution >= 4 is 11.8 Å². The molecule has 0 fully saturated rings. The van der Waals surface area contributed by atoms with Crippen molar-refractivity contribution in [3.05, 3.63) is 48.0 Å². The summed E-state index contributed by atoms with van der Waals surface area (Å²) in [5.41, 5.74) is 0.496. The molecule has 3 unspecified atom stereocenters. The van der Waals surface area contributed by atoms with Crippen LogP contribution >= 0.6 is 0 Å². The highest BCUT2D eigenvalue weighted by molar-refractivity contribution is 5.91. The molecule has 19 heavy (non-hydrogen) atoms. The van der Waals surface area contributed by atoms with Crippen LogP contribution in [-0.4, -0.2) is 22.0 Å². The van der Waals surface area contributed by atoms with Gasteiger partial charge in [0.25, 0.3) is 0 Å². The van der Waals surface area contributed by atoms with E-state index >= 15 is 0 Å². The van der Waals surface area contributed by atoms with Crippen LogP contribution in [0.1, 0.15) is 24.5 Å². The van der Waals surface area contributed by atoms with Gasteiger partial charge in [-0.1, -0.05) is 42.5 Å². The topological polar surface area (TPSA) is 74.6 Å². The number of aliphatic hydroxyl groups excluding tert-OH is 1. The molecular formula is C15H16O4. The summed E-state index contributed by atoms with van der Waals surface area (Å²) in [6.07, 6.45) is 3.23. The number of allylic oxidation sites excluding steroid dienone is 2. The van der Waals surface area contributed by atoms with Gasteiger partial charge < -0.3 is 10.2 Å². The summed E-state index contributed by atoms with van der Waals surface area (Å²) < 4.78 is 0. The molecular weight excluding hydrogens is 244 g/mol. The summed E-state index contributed by atoms with van der Waals surface area (Å²) in [6.45, 7) is 0. The van der Waals surface area contributed by atoms with E-state index in [1.807, 2.05) is 0 Å². The fraction of sp³-hybridized carbons (Fsp3) is 0.333. The fourth-order valence-electron chi connectivity index (χ4n) is 2.38. The maximum atomic E-state index is 12.2. The first-order valence-corrected chi connectivity index (χ1v) is 6.27. The van der Waals surface area contributed by atoms with Crippen LogP contribution in [0.3, 0.4) is 0 Å². The summed E-state index contributed by atoms with van der Waals surface area (Å²) in [6, 6.07) is 8.57. The second-order valence-electron chi connectivity index (χ2n) is 4.69. The molecule has 0 radical (unpaired) electrons. The molecule has 0 aromatic heterocycles. The lowest BCUT2D eigenvalue weighted by molar-refractivity contribution is -0.148. The number of benzene rings is 1. The first-order chi connectivity index (χ1) is 9.11. The van der Waals surface area contributed by atoms with Crippen molar-refractivity contribution in [2.75, 3.05) is 0 Å². The van der Waals surface area contributed by atoms with E-state index < -0.39 is 29.7 Å². The third-order valence-electron chi connectivity index (χ3n) is 3.45. The first kappa shape index (κ1) is 13.5. The highest BCUT2D eigenvalue weighted by Gasteiger charge is 2.36. The quantitative estimate of drug-likeness (QED) is 0.811. The van der Waals surface area contributed by atoms with E-state index in [2.05, 4.69) is 0 Å². The number of rotatable bonds is 4. The van der Waals surface area contributed by atoms with Crippen molar-refractivity contribution in [1.82, 2.24) is 0 Å². The lowest BCUT2D eigenvalue weighted by Gasteiger charge is -2.25. The van der Waals surface area contributed by atoms with E-state index in [1.165, 1.54) is 0 Å². The second kappa shape index (κ2) is 5.80. The number of carbonyl (C=O) groups is 2. The van der Waals surface area contributed by atoms with E-state index in [1.54, 1.807) is 42.5 Å². The van der Waals surface area contributed by atoms with E-state index in [4.69, 9.17) is 5.11 Å². The minimum Gasteiger partial charge on any atom is -0.481 e. The number of aliphatic carboxylic acids is 1. The van der Waals surface area contributed by atoms with Gasteiger partial charge in [0.15, 0.2) is 5.78 Å². The Kier molecular flexibility index (Phi) is 4.12. The molecule has 0 saturated heterocycles. The lowest BCUT2D eigenvalue weighted by Crippen LogP contribution is -2.33. The van der Waals surface area contributed by atoms with Crippen LogP contribution in [0.5, 0.6) is 0 Å². The molecule has 1 aromatic rings. The van der Waals surface area contributed by atoms with Gasteiger partial charge in [0.05, 0.1) is 11.8 Å². The van der Waals surface area contributed by atoms with Gasteiger partial charge >= 0.3 is 5.97 Å². The van der Waals surface area contributed by atoms with Crippen LogP contribution in [0.15, 0.2) is 42.5 Å². The van der Waals surface area contributed by atoms with Crippen LogP contribution in [-0.2, 0) is 9.59 Å². The number of Topliss-reactive ketones (excluding diaryl/α,β-unsaturated/α-hetero) is 1. The molecule has 0 spiro atoms. The monoisotopic (exact) mass is 260 g/mol. The van der Waals surface area contributed by atoms with E-state index in [0.717, 1.165) is 0 Å². The van der Waals surface area contributed by atoms with Crippen LogP contribution in [0.2, 0.25) is 0 Å². The van der Waals surface area contributed by atoms with Gasteiger partial charge in [-0.3, -0.25) is 9.59 Å². The second-order valence-corrected chi connectivity index (χ2v) is 4.69. The Morgan fingerprint density at radius 2 is 1.89 bits per heavy atom. The van der Waals surface area contributed by atoms with Crippen LogP contribution < -0.4 is 0 Å². The number of aliphatic hydroxyl groups is 1. The lowest BCUT2D eigenvalue weighted by atomic mass is 9.79. The Bertz CT molecular complexity index is 492. The first-order valence-electron chi connectivity index (χ1n) is 6.27. The maximum absolute atomic E-state index is 12.2. The van der Waals surface area contributed by atoms with Gasteiger partial charge in [-0.25, -0.2) is 0 Å². The zero-order valence-electron chi connectivity index (χ0n) is 10.4. The molecule has 2 N–H and O–H groups in total. The Morgan fingerprint density at radius 3 is 2.53 bits per heavy atom. The minimum absolute atomic E-state index is 0.434. The number of hydrogen-bond acceptors (Lipinski definition) is 3. The summed E-state index contributed by atoms with van der Waals surface area (Å²) >= 11 is 0. The summed E-state index contributed by atoms with van der Waals surface area (Å²) in [5.74, 6) is -2.92. The Morgan fingerprint density at radius 1 is 1.21 bits per heavy atom. The van der Waals surface area contributed by atoms with Crippen LogP contribution in [0.4, 0.5) is 0 Å². The van der Waals surface area contributed by atoms with Crippen molar-refractivity contribution in [2.24, 2.45) is 11.8 Å². The predicted octanol–water partition coefficient (Wildman–Crippen LogP) is 1.96. The highest BCUT2D eigenvalue weighted by Crippen LogP contribution is 2.30. The largest absolute Gasteiger partial charge is 0.481 e. The van der Waals surface area contributed by atoms with Crippen molar-refractivity contribution in [1.29, 1.82) is 0 Å². The molecule has 0 heterocycles. The highest BCUT2D eigenvalue weighted by atomic mass is 16.4. The maximum Gasteiger partial charge on any atom is 0.307 e. The normalized spacial score (nSPS) is 23.8. The number of carboxylic acid groups (broad SMARTS) is 1. The average molecular weight is 260 g/mol. The molecule has 0 aliphatic heterocycles. The number of hydrogen-bond donors (Lipinski definition) is 2. The standard InChI is InChI=1S/C15H16O4/c16-13(10-6-2-1-3-7-10)14(17)11-8-4-5-9-12(11)15(18)19/h1-4,6-8,11-13,16H,5,9H2,(H,18,19). The Labute approximate surface area is 111 Å². The van der Waals surface area contributed by atoms with Gasteiger partial charge in [-0.15, -0.1) is 0 Å². The number of carbonyl (C=O) groups excluding carboxylic acids is 1. The van der Waals surface area contributed by atoms with E-state index in [9.17, 15) is 14.7 Å². The summed E-state index contributed by atoms with van der Waals surface area (Å²) in [4.78, 5) is 23.4. The zero-order valence-corrected chi connectivity index (χ0v) is 10.4.